The van der Waals surface area contributed by atoms with Gasteiger partial charge in [-0.2, -0.15) is 0 Å². The van der Waals surface area contributed by atoms with Gasteiger partial charge in [-0.15, -0.1) is 0 Å². The summed E-state index contributed by atoms with van der Waals surface area (Å²) in [6.45, 7) is 0. The van der Waals surface area contributed by atoms with Crippen LogP contribution in [0.15, 0.2) is 76.2 Å². The molecule has 4 rings (SSSR count). The molecular formula is C24H11Br5O6. The highest BCUT2D eigenvalue weighted by atomic mass is 79.9. The first-order valence-corrected chi connectivity index (χ1v) is 13.5. The SMILES string of the molecule is O=C1O/C(=C\c2cc(Br)c(O)c(Br)c2)C(c2cc(Br)c(O)c(Br)c2)=C1C(=O)c1ccc(O)c(Br)c1. The molecule has 3 N–H and O–H groups in total. The van der Waals surface area contributed by atoms with Gasteiger partial charge < -0.3 is 20.1 Å². The van der Waals surface area contributed by atoms with Crippen LogP contribution >= 0.6 is 79.6 Å². The van der Waals surface area contributed by atoms with Gasteiger partial charge in [-0.05, 0) is 139 Å². The number of ether oxygens (including phenoxy) is 1. The Hall–Kier alpha value is -1.92. The van der Waals surface area contributed by atoms with Gasteiger partial charge in [0, 0.05) is 11.1 Å². The molecule has 0 saturated heterocycles. The van der Waals surface area contributed by atoms with Crippen LogP contribution in [-0.4, -0.2) is 27.1 Å². The summed E-state index contributed by atoms with van der Waals surface area (Å²) in [6.07, 6.45) is 1.56. The Labute approximate surface area is 241 Å². The Morgan fingerprint density at radius 1 is 0.771 bits per heavy atom. The zero-order valence-electron chi connectivity index (χ0n) is 17.1. The number of carbonyl (C=O) groups is 2. The average Bonchev–Trinajstić information content (AvgIpc) is 3.12. The van der Waals surface area contributed by atoms with Crippen molar-refractivity contribution in [2.45, 2.75) is 0 Å². The summed E-state index contributed by atoms with van der Waals surface area (Å²) in [5, 5.41) is 30.0. The van der Waals surface area contributed by atoms with Gasteiger partial charge in [0.1, 0.15) is 28.6 Å². The summed E-state index contributed by atoms with van der Waals surface area (Å²) in [7, 11) is 0. The van der Waals surface area contributed by atoms with Crippen molar-refractivity contribution in [1.29, 1.82) is 0 Å². The Balaban J connectivity index is 1.97. The second-order valence-corrected chi connectivity index (χ2v) is 11.5. The molecule has 0 saturated carbocycles. The van der Waals surface area contributed by atoms with Crippen molar-refractivity contribution in [3.8, 4) is 17.2 Å². The fourth-order valence-electron chi connectivity index (χ4n) is 3.34. The molecule has 0 aliphatic carbocycles. The van der Waals surface area contributed by atoms with Crippen molar-refractivity contribution in [3.05, 3.63) is 92.9 Å². The van der Waals surface area contributed by atoms with E-state index in [-0.39, 0.29) is 39.7 Å². The first-order valence-electron chi connectivity index (χ1n) is 9.56. The lowest BCUT2D eigenvalue weighted by Gasteiger charge is -2.10. The van der Waals surface area contributed by atoms with Crippen molar-refractivity contribution in [1.82, 2.24) is 0 Å². The minimum atomic E-state index is -0.849. The molecule has 0 aromatic heterocycles. The van der Waals surface area contributed by atoms with Crippen LogP contribution in [0.4, 0.5) is 0 Å². The maximum Gasteiger partial charge on any atom is 0.348 e. The maximum atomic E-state index is 13.5. The fraction of sp³-hybridized carbons (Fsp3) is 0. The number of rotatable bonds is 4. The van der Waals surface area contributed by atoms with Gasteiger partial charge in [0.25, 0.3) is 0 Å². The summed E-state index contributed by atoms with van der Waals surface area (Å²) in [4.78, 5) is 26.5. The molecule has 1 aliphatic heterocycles. The van der Waals surface area contributed by atoms with Gasteiger partial charge in [-0.3, -0.25) is 4.79 Å². The van der Waals surface area contributed by atoms with Crippen LogP contribution in [0, 0.1) is 0 Å². The third-order valence-electron chi connectivity index (χ3n) is 4.98. The number of phenols is 3. The number of esters is 1. The second-order valence-electron chi connectivity index (χ2n) is 7.27. The van der Waals surface area contributed by atoms with Crippen LogP contribution in [0.5, 0.6) is 17.2 Å². The van der Waals surface area contributed by atoms with Gasteiger partial charge in [0.15, 0.2) is 0 Å². The minimum Gasteiger partial charge on any atom is -0.507 e. The molecule has 1 aliphatic rings. The summed E-state index contributed by atoms with van der Waals surface area (Å²) in [5.74, 6) is -1.45. The maximum absolute atomic E-state index is 13.5. The van der Waals surface area contributed by atoms with E-state index in [2.05, 4.69) is 79.6 Å². The monoisotopic (exact) mass is 790 g/mol. The van der Waals surface area contributed by atoms with E-state index in [9.17, 15) is 24.9 Å². The highest BCUT2D eigenvalue weighted by Crippen LogP contribution is 2.43. The minimum absolute atomic E-state index is 0.00602. The van der Waals surface area contributed by atoms with E-state index in [1.54, 1.807) is 30.3 Å². The fourth-order valence-corrected chi connectivity index (χ4v) is 6.13. The number of hydrogen-bond donors (Lipinski definition) is 3. The number of benzene rings is 3. The van der Waals surface area contributed by atoms with E-state index >= 15 is 0 Å². The molecule has 0 unspecified atom stereocenters. The van der Waals surface area contributed by atoms with E-state index in [0.717, 1.165) is 0 Å². The van der Waals surface area contributed by atoms with Gasteiger partial charge in [-0.25, -0.2) is 4.79 Å². The standard InChI is InChI=1S/C24H11Br5O6/c25-12-6-10(1-2-17(12)30)21(31)20-19(11-7-15(28)23(33)16(29)8-11)18(35-24(20)34)5-9-3-13(26)22(32)14(27)4-9/h1-8,30,32-33H/b18-5-. The largest absolute Gasteiger partial charge is 0.507 e. The molecule has 3 aromatic carbocycles. The predicted octanol–water partition coefficient (Wildman–Crippen LogP) is 7.85. The smallest absolute Gasteiger partial charge is 0.348 e. The predicted molar refractivity (Wildman–Crippen MR) is 148 cm³/mol. The molecular weight excluding hydrogens is 784 g/mol. The molecule has 0 amide bonds. The van der Waals surface area contributed by atoms with Crippen molar-refractivity contribution < 1.29 is 29.6 Å². The number of carbonyl (C=O) groups excluding carboxylic acids is 2. The third kappa shape index (κ3) is 5.15. The molecule has 0 bridgehead atoms. The van der Waals surface area contributed by atoms with Crippen molar-refractivity contribution in [2.75, 3.05) is 0 Å². The zero-order chi connectivity index (χ0) is 25.6. The number of phenolic OH excluding ortho intramolecular Hbond substituents is 3. The lowest BCUT2D eigenvalue weighted by Crippen LogP contribution is -2.11. The summed E-state index contributed by atoms with van der Waals surface area (Å²) >= 11 is 16.3. The number of allylic oxidation sites excluding steroid dienone is 1. The lowest BCUT2D eigenvalue weighted by molar-refractivity contribution is -0.132. The molecule has 0 spiro atoms. The number of halogens is 5. The summed E-state index contributed by atoms with van der Waals surface area (Å²) in [5.41, 5.74) is 1.16. The Morgan fingerprint density at radius 2 is 1.31 bits per heavy atom. The zero-order valence-corrected chi connectivity index (χ0v) is 25.0. The van der Waals surface area contributed by atoms with Crippen molar-refractivity contribution >= 4 is 103 Å². The molecule has 0 atom stereocenters. The third-order valence-corrected chi connectivity index (χ3v) is 8.04. The number of hydrogen-bond acceptors (Lipinski definition) is 6. The van der Waals surface area contributed by atoms with E-state index < -0.39 is 11.8 Å². The molecule has 0 radical (unpaired) electrons. The summed E-state index contributed by atoms with van der Waals surface area (Å²) < 4.78 is 7.33. The van der Waals surface area contributed by atoms with Gasteiger partial charge in [-0.1, -0.05) is 0 Å². The van der Waals surface area contributed by atoms with Gasteiger partial charge >= 0.3 is 5.97 Å². The number of cyclic esters (lactones) is 1. The van der Waals surface area contributed by atoms with E-state index in [1.807, 2.05) is 0 Å². The van der Waals surface area contributed by atoms with Gasteiger partial charge in [0.2, 0.25) is 5.78 Å². The number of Topliss-reactive ketones (excluding diaryl/α,β-unsaturated/α-hetero) is 1. The van der Waals surface area contributed by atoms with Crippen molar-refractivity contribution in [2.24, 2.45) is 0 Å². The summed E-state index contributed by atoms with van der Waals surface area (Å²) in [6, 6.07) is 10.5. The first-order chi connectivity index (χ1) is 16.5. The molecule has 1 heterocycles. The number of ketones is 1. The highest BCUT2D eigenvalue weighted by molar-refractivity contribution is 9.11. The normalized spacial score (nSPS) is 14.5. The Bertz CT molecular complexity index is 1450. The van der Waals surface area contributed by atoms with Gasteiger partial charge in [0.05, 0.1) is 22.4 Å². The Morgan fingerprint density at radius 3 is 1.86 bits per heavy atom. The van der Waals surface area contributed by atoms with Crippen LogP contribution in [0.25, 0.3) is 11.6 Å². The molecule has 11 heteroatoms. The first kappa shape index (κ1) is 26.2. The quantitative estimate of drug-likeness (QED) is 0.141. The average molecular weight is 795 g/mol. The van der Waals surface area contributed by atoms with Crippen LogP contribution in [0.1, 0.15) is 21.5 Å². The molecule has 35 heavy (non-hydrogen) atoms. The van der Waals surface area contributed by atoms with Crippen LogP contribution in [0.3, 0.4) is 0 Å². The van der Waals surface area contributed by atoms with Crippen LogP contribution < -0.4 is 0 Å². The van der Waals surface area contributed by atoms with E-state index in [1.165, 1.54) is 18.2 Å². The molecule has 178 valence electrons. The number of aromatic hydroxyl groups is 3. The topological polar surface area (TPSA) is 104 Å². The second kappa shape index (κ2) is 10.2. The van der Waals surface area contributed by atoms with Crippen LogP contribution in [-0.2, 0) is 9.53 Å². The molecule has 0 fully saturated rings. The molecule has 3 aromatic rings. The van der Waals surface area contributed by atoms with Crippen LogP contribution in [0.2, 0.25) is 0 Å². The Kier molecular flexibility index (Phi) is 7.63. The van der Waals surface area contributed by atoms with E-state index in [0.29, 0.717) is 33.5 Å². The lowest BCUT2D eigenvalue weighted by atomic mass is 9.93. The van der Waals surface area contributed by atoms with E-state index in [4.69, 9.17) is 4.74 Å². The van der Waals surface area contributed by atoms with Crippen molar-refractivity contribution in [3.63, 3.8) is 0 Å². The highest BCUT2D eigenvalue weighted by Gasteiger charge is 2.36. The molecule has 6 nitrogen and oxygen atoms in total.